The zero-order valence-electron chi connectivity index (χ0n) is 11.6. The first-order valence-corrected chi connectivity index (χ1v) is 8.09. The van der Waals surface area contributed by atoms with Gasteiger partial charge in [-0.3, -0.25) is 10.1 Å². The topological polar surface area (TPSA) is 42.0 Å². The van der Waals surface area contributed by atoms with E-state index in [1.54, 1.807) is 12.1 Å². The Morgan fingerprint density at radius 1 is 1.10 bits per heavy atom. The first-order chi connectivity index (χ1) is 10.0. The maximum Gasteiger partial charge on any atom is 0.257 e. The molecule has 0 fully saturated rings. The molecule has 0 bridgehead atoms. The van der Waals surface area contributed by atoms with Crippen LogP contribution in [0.1, 0.15) is 21.5 Å². The van der Waals surface area contributed by atoms with E-state index >= 15 is 0 Å². The van der Waals surface area contributed by atoms with Crippen LogP contribution in [-0.2, 0) is 0 Å². The summed E-state index contributed by atoms with van der Waals surface area (Å²) in [7, 11) is 0. The highest BCUT2D eigenvalue weighted by Crippen LogP contribution is 2.31. The predicted octanol–water partition coefficient (Wildman–Crippen LogP) is 4.93. The summed E-state index contributed by atoms with van der Waals surface area (Å²) < 4.78 is 2.08. The molecule has 1 heterocycles. The lowest BCUT2D eigenvalue weighted by Gasteiger charge is -2.01. The summed E-state index contributed by atoms with van der Waals surface area (Å²) in [5, 5.41) is 3.51. The molecular weight excluding hydrogens is 348 g/mol. The van der Waals surface area contributed by atoms with Gasteiger partial charge in [0.2, 0.25) is 0 Å². The number of amides is 1. The SMILES string of the molecule is Cc1ccc(C)c2sc(NC(=O)c3ccc(Br)cc3)nc12. The molecule has 3 nitrogen and oxygen atoms in total. The number of hydrogen-bond acceptors (Lipinski definition) is 3. The number of carbonyl (C=O) groups is 1. The molecule has 0 saturated heterocycles. The fraction of sp³-hybridized carbons (Fsp3) is 0.125. The summed E-state index contributed by atoms with van der Waals surface area (Å²) in [4.78, 5) is 16.7. The molecule has 0 aliphatic rings. The Kier molecular flexibility index (Phi) is 3.78. The van der Waals surface area contributed by atoms with E-state index in [2.05, 4.69) is 45.3 Å². The van der Waals surface area contributed by atoms with E-state index < -0.39 is 0 Å². The van der Waals surface area contributed by atoms with Gasteiger partial charge in [0.25, 0.3) is 5.91 Å². The molecule has 2 aromatic carbocycles. The second-order valence-corrected chi connectivity index (χ2v) is 6.77. The molecule has 0 saturated carbocycles. The van der Waals surface area contributed by atoms with Crippen LogP contribution in [0.25, 0.3) is 10.2 Å². The Morgan fingerprint density at radius 3 is 2.43 bits per heavy atom. The number of nitrogens with zero attached hydrogens (tertiary/aromatic N) is 1. The third kappa shape index (κ3) is 2.84. The number of benzene rings is 2. The summed E-state index contributed by atoms with van der Waals surface area (Å²) in [5.74, 6) is -0.142. The Bertz CT molecular complexity index is 785. The normalized spacial score (nSPS) is 10.8. The number of fused-ring (bicyclic) bond motifs is 1. The fourth-order valence-corrected chi connectivity index (χ4v) is 3.35. The maximum atomic E-state index is 12.2. The first kappa shape index (κ1) is 14.2. The lowest BCUT2D eigenvalue weighted by Crippen LogP contribution is -2.11. The van der Waals surface area contributed by atoms with Crippen LogP contribution in [0, 0.1) is 13.8 Å². The Morgan fingerprint density at radius 2 is 1.76 bits per heavy atom. The van der Waals surface area contributed by atoms with Gasteiger partial charge in [-0.2, -0.15) is 0 Å². The number of anilines is 1. The highest BCUT2D eigenvalue weighted by molar-refractivity contribution is 9.10. The van der Waals surface area contributed by atoms with E-state index in [9.17, 15) is 4.79 Å². The number of nitrogens with one attached hydrogen (secondary N) is 1. The molecule has 0 unspecified atom stereocenters. The second kappa shape index (κ2) is 5.58. The van der Waals surface area contributed by atoms with Gasteiger partial charge >= 0.3 is 0 Å². The number of thiazole rings is 1. The fourth-order valence-electron chi connectivity index (χ4n) is 2.08. The van der Waals surface area contributed by atoms with Crippen molar-refractivity contribution in [2.45, 2.75) is 13.8 Å². The molecule has 1 amide bonds. The van der Waals surface area contributed by atoms with Gasteiger partial charge in [-0.05, 0) is 49.2 Å². The van der Waals surface area contributed by atoms with Crippen LogP contribution in [-0.4, -0.2) is 10.9 Å². The van der Waals surface area contributed by atoms with E-state index in [0.29, 0.717) is 10.7 Å². The predicted molar refractivity (Wildman–Crippen MR) is 91.2 cm³/mol. The highest BCUT2D eigenvalue weighted by atomic mass is 79.9. The molecule has 0 radical (unpaired) electrons. The Labute approximate surface area is 135 Å². The summed E-state index contributed by atoms with van der Waals surface area (Å²) in [6.45, 7) is 4.09. The minimum Gasteiger partial charge on any atom is -0.298 e. The van der Waals surface area contributed by atoms with Crippen molar-refractivity contribution in [2.75, 3.05) is 5.32 Å². The van der Waals surface area contributed by atoms with E-state index in [1.807, 2.05) is 19.1 Å². The van der Waals surface area contributed by atoms with Gasteiger partial charge in [0.15, 0.2) is 5.13 Å². The van der Waals surface area contributed by atoms with Crippen LogP contribution in [0.15, 0.2) is 40.9 Å². The van der Waals surface area contributed by atoms with Crippen LogP contribution >= 0.6 is 27.3 Å². The number of hydrogen-bond donors (Lipinski definition) is 1. The van der Waals surface area contributed by atoms with Gasteiger partial charge in [-0.1, -0.05) is 39.4 Å². The minimum atomic E-state index is -0.142. The van der Waals surface area contributed by atoms with Crippen molar-refractivity contribution >= 4 is 48.5 Å². The van der Waals surface area contributed by atoms with Crippen LogP contribution in [0.2, 0.25) is 0 Å². The Hall–Kier alpha value is -1.72. The largest absolute Gasteiger partial charge is 0.298 e. The summed E-state index contributed by atoms with van der Waals surface area (Å²) in [5.41, 5.74) is 3.88. The lowest BCUT2D eigenvalue weighted by atomic mass is 10.1. The summed E-state index contributed by atoms with van der Waals surface area (Å²) in [6, 6.07) is 11.4. The molecule has 3 aromatic rings. The van der Waals surface area contributed by atoms with Crippen molar-refractivity contribution in [1.82, 2.24) is 4.98 Å². The quantitative estimate of drug-likeness (QED) is 0.703. The molecule has 1 aromatic heterocycles. The minimum absolute atomic E-state index is 0.142. The van der Waals surface area contributed by atoms with Crippen molar-refractivity contribution in [2.24, 2.45) is 0 Å². The zero-order chi connectivity index (χ0) is 15.0. The number of aromatic nitrogens is 1. The number of halogens is 1. The average molecular weight is 361 g/mol. The smallest absolute Gasteiger partial charge is 0.257 e. The van der Waals surface area contributed by atoms with Gasteiger partial charge in [0, 0.05) is 10.0 Å². The van der Waals surface area contributed by atoms with Crippen LogP contribution in [0.5, 0.6) is 0 Å². The second-order valence-electron chi connectivity index (χ2n) is 4.86. The van der Waals surface area contributed by atoms with Crippen molar-refractivity contribution in [3.05, 3.63) is 57.6 Å². The first-order valence-electron chi connectivity index (χ1n) is 6.48. The molecular formula is C16H13BrN2OS. The van der Waals surface area contributed by atoms with Gasteiger partial charge in [0.1, 0.15) is 0 Å². The lowest BCUT2D eigenvalue weighted by molar-refractivity contribution is 0.102. The van der Waals surface area contributed by atoms with Crippen LogP contribution < -0.4 is 5.32 Å². The molecule has 0 atom stereocenters. The van der Waals surface area contributed by atoms with Gasteiger partial charge in [-0.15, -0.1) is 0 Å². The Balaban J connectivity index is 1.91. The highest BCUT2D eigenvalue weighted by Gasteiger charge is 2.12. The van der Waals surface area contributed by atoms with Gasteiger partial charge < -0.3 is 0 Å². The molecule has 5 heteroatoms. The van der Waals surface area contributed by atoms with Crippen molar-refractivity contribution in [3.63, 3.8) is 0 Å². The third-order valence-corrected chi connectivity index (χ3v) is 4.90. The standard InChI is InChI=1S/C16H13BrN2OS/c1-9-3-4-10(2)14-13(9)18-16(21-14)19-15(20)11-5-7-12(17)8-6-11/h3-8H,1-2H3,(H,18,19,20). The molecule has 0 aliphatic heterocycles. The van der Waals surface area contributed by atoms with E-state index in [1.165, 1.54) is 16.9 Å². The monoisotopic (exact) mass is 360 g/mol. The number of rotatable bonds is 2. The van der Waals surface area contributed by atoms with Gasteiger partial charge in [0.05, 0.1) is 10.2 Å². The van der Waals surface area contributed by atoms with Crippen LogP contribution in [0.3, 0.4) is 0 Å². The van der Waals surface area contributed by atoms with Crippen molar-refractivity contribution < 1.29 is 4.79 Å². The molecule has 106 valence electrons. The molecule has 0 aliphatic carbocycles. The summed E-state index contributed by atoms with van der Waals surface area (Å²) in [6.07, 6.45) is 0. The molecule has 21 heavy (non-hydrogen) atoms. The zero-order valence-corrected chi connectivity index (χ0v) is 14.0. The average Bonchev–Trinajstić information content (AvgIpc) is 2.89. The third-order valence-electron chi connectivity index (χ3n) is 3.27. The summed E-state index contributed by atoms with van der Waals surface area (Å²) >= 11 is 4.87. The number of aryl methyl sites for hydroxylation is 2. The molecule has 3 rings (SSSR count). The van der Waals surface area contributed by atoms with E-state index in [-0.39, 0.29) is 5.91 Å². The molecule has 1 N–H and O–H groups in total. The van der Waals surface area contributed by atoms with E-state index in [0.717, 1.165) is 20.3 Å². The van der Waals surface area contributed by atoms with Crippen molar-refractivity contribution in [1.29, 1.82) is 0 Å². The molecule has 0 spiro atoms. The van der Waals surface area contributed by atoms with Crippen LogP contribution in [0.4, 0.5) is 5.13 Å². The maximum absolute atomic E-state index is 12.2. The number of carbonyl (C=O) groups excluding carboxylic acids is 1. The van der Waals surface area contributed by atoms with E-state index in [4.69, 9.17) is 0 Å². The van der Waals surface area contributed by atoms with Gasteiger partial charge in [-0.25, -0.2) is 4.98 Å². The van der Waals surface area contributed by atoms with Crippen molar-refractivity contribution in [3.8, 4) is 0 Å².